The predicted octanol–water partition coefficient (Wildman–Crippen LogP) is 12.3. The molecular formula is C45H91NO7S. The third-order valence-electron chi connectivity index (χ3n) is 11.1. The fraction of sp³-hybridized carbons (Fsp3) is 0.956. The van der Waals surface area contributed by atoms with Crippen LogP contribution in [0.5, 0.6) is 0 Å². The van der Waals surface area contributed by atoms with E-state index in [0.717, 1.165) is 51.4 Å². The van der Waals surface area contributed by atoms with E-state index in [1.54, 1.807) is 0 Å². The monoisotopic (exact) mass is 790 g/mol. The molecule has 3 atom stereocenters. The van der Waals surface area contributed by atoms with Crippen LogP contribution >= 0.6 is 0 Å². The molecule has 0 fully saturated rings. The Morgan fingerprint density at radius 2 is 0.852 bits per heavy atom. The smallest absolute Gasteiger partial charge is 0.323 e. The molecule has 9 heteroatoms. The van der Waals surface area contributed by atoms with Crippen molar-refractivity contribution in [1.29, 1.82) is 0 Å². The van der Waals surface area contributed by atoms with Gasteiger partial charge >= 0.3 is 11.9 Å². The summed E-state index contributed by atoms with van der Waals surface area (Å²) in [7, 11) is -2.45. The first-order valence-corrected chi connectivity index (χ1v) is 24.4. The number of hydrogen-bond donors (Lipinski definition) is 0. The fourth-order valence-corrected chi connectivity index (χ4v) is 7.61. The summed E-state index contributed by atoms with van der Waals surface area (Å²) < 4.78 is 45.9. The normalized spacial score (nSPS) is 13.5. The van der Waals surface area contributed by atoms with Crippen molar-refractivity contribution in [2.24, 2.45) is 11.8 Å². The van der Waals surface area contributed by atoms with E-state index in [1.165, 1.54) is 140 Å². The van der Waals surface area contributed by atoms with Crippen molar-refractivity contribution in [3.63, 3.8) is 0 Å². The minimum atomic E-state index is -5.01. The molecule has 0 rings (SSSR count). The summed E-state index contributed by atoms with van der Waals surface area (Å²) in [6.07, 6.45) is 32.4. The molecule has 0 saturated heterocycles. The lowest BCUT2D eigenvalue weighted by Crippen LogP contribution is -2.46. The summed E-state index contributed by atoms with van der Waals surface area (Å²) in [4.78, 5) is 24.1. The zero-order valence-electron chi connectivity index (χ0n) is 37.1. The number of ether oxygens (including phenoxy) is 2. The number of carbonyl (C=O) groups excluding carboxylic acids is 2. The molecule has 0 spiro atoms. The van der Waals surface area contributed by atoms with Gasteiger partial charge in [-0.05, 0) is 63.2 Å². The van der Waals surface area contributed by atoms with Crippen LogP contribution in [0.4, 0.5) is 0 Å². The molecule has 0 aromatic rings. The number of unbranched alkanes of at least 4 members (excludes halogenated alkanes) is 17. The maximum atomic E-state index is 12.1. The van der Waals surface area contributed by atoms with E-state index in [-0.39, 0.29) is 25.0 Å². The number of quaternary nitrogens is 1. The molecule has 0 aliphatic carbocycles. The molecule has 0 bridgehead atoms. The highest BCUT2D eigenvalue weighted by molar-refractivity contribution is 7.87. The molecule has 0 N–H and O–H groups in total. The van der Waals surface area contributed by atoms with Gasteiger partial charge < -0.3 is 18.5 Å². The second-order valence-electron chi connectivity index (χ2n) is 16.4. The van der Waals surface area contributed by atoms with Gasteiger partial charge in [-0.15, -0.1) is 0 Å². The van der Waals surface area contributed by atoms with Crippen molar-refractivity contribution in [3.05, 3.63) is 0 Å². The Bertz CT molecular complexity index is 917. The lowest BCUT2D eigenvalue weighted by atomic mass is 10.0. The maximum absolute atomic E-state index is 12.1. The van der Waals surface area contributed by atoms with Gasteiger partial charge in [-0.1, -0.05) is 164 Å². The summed E-state index contributed by atoms with van der Waals surface area (Å²) in [5, 5.41) is -2.06. The maximum Gasteiger partial charge on any atom is 0.323 e. The van der Waals surface area contributed by atoms with Gasteiger partial charge in [0.1, 0.15) is 10.1 Å². The molecule has 0 aliphatic heterocycles. The first kappa shape index (κ1) is 54.9. The average molecular weight is 790 g/mol. The van der Waals surface area contributed by atoms with Crippen LogP contribution in [0.25, 0.3) is 0 Å². The summed E-state index contributed by atoms with van der Waals surface area (Å²) >= 11 is 0. The third kappa shape index (κ3) is 33.0. The highest BCUT2D eigenvalue weighted by Gasteiger charge is 2.31. The van der Waals surface area contributed by atoms with Gasteiger partial charge in [-0.3, -0.25) is 9.59 Å². The molecule has 0 radical (unpaired) electrons. The van der Waals surface area contributed by atoms with Gasteiger partial charge in [0, 0.05) is 0 Å². The van der Waals surface area contributed by atoms with Crippen molar-refractivity contribution in [1.82, 2.24) is 0 Å². The molecule has 0 heterocycles. The Kier molecular flexibility index (Phi) is 38.0. The number of nitrogens with zero attached hydrogens (tertiary/aromatic N) is 1. The molecule has 54 heavy (non-hydrogen) atoms. The average Bonchev–Trinajstić information content (AvgIpc) is 3.14. The number of rotatable bonds is 37. The summed E-state index contributed by atoms with van der Waals surface area (Å²) in [5.74, 6) is -1.74. The van der Waals surface area contributed by atoms with E-state index in [2.05, 4.69) is 41.7 Å². The Morgan fingerprint density at radius 1 is 0.519 bits per heavy atom. The lowest BCUT2D eigenvalue weighted by molar-refractivity contribution is -0.910. The van der Waals surface area contributed by atoms with Gasteiger partial charge in [-0.2, -0.15) is 0 Å². The Balaban J connectivity index is 0. The van der Waals surface area contributed by atoms with Crippen LogP contribution in [0.2, 0.25) is 0 Å². The van der Waals surface area contributed by atoms with Gasteiger partial charge in [-0.25, -0.2) is 8.42 Å². The molecule has 0 aliphatic rings. The molecule has 0 saturated carbocycles. The van der Waals surface area contributed by atoms with E-state index in [9.17, 15) is 22.6 Å². The standard InChI is InChI=1S/C25H54N.C20H38O7S/c1-5-8-11-14-17-20-23-26(4,24-21-18-15-12-9-6-2)25-22-19-16-13-10-7-3;1-5-9-11-16(7-3)14-26-19(21)13-18(28(23,24)25)20(22)27-15-17(8-4)12-10-6-2/h5-25H2,1-4H3;16-18H,5-15H2,1-4H3,(H,23,24,25)/q+1;/p-1. The highest BCUT2D eigenvalue weighted by atomic mass is 32.2. The quantitative estimate of drug-likeness (QED) is 0.0267. The first-order chi connectivity index (χ1) is 25.9. The van der Waals surface area contributed by atoms with Gasteiger partial charge in [0.05, 0.1) is 46.3 Å². The molecule has 8 nitrogen and oxygen atoms in total. The molecule has 0 aromatic heterocycles. The highest BCUT2D eigenvalue weighted by Crippen LogP contribution is 2.18. The first-order valence-electron chi connectivity index (χ1n) is 23.0. The Morgan fingerprint density at radius 3 is 1.19 bits per heavy atom. The van der Waals surface area contributed by atoms with Crippen LogP contribution in [-0.4, -0.2) is 74.5 Å². The van der Waals surface area contributed by atoms with Crippen molar-refractivity contribution in [2.45, 2.75) is 227 Å². The summed E-state index contributed by atoms with van der Waals surface area (Å²) in [6, 6.07) is 0. The second kappa shape index (κ2) is 37.4. The molecule has 3 unspecified atom stereocenters. The lowest BCUT2D eigenvalue weighted by Gasteiger charge is -2.35. The second-order valence-corrected chi connectivity index (χ2v) is 18.0. The van der Waals surface area contributed by atoms with E-state index >= 15 is 0 Å². The fourth-order valence-electron chi connectivity index (χ4n) is 6.97. The summed E-state index contributed by atoms with van der Waals surface area (Å²) in [5.41, 5.74) is 0. The van der Waals surface area contributed by atoms with Crippen LogP contribution in [-0.2, 0) is 29.2 Å². The third-order valence-corrected chi connectivity index (χ3v) is 12.2. The molecule has 0 aromatic carbocycles. The minimum absolute atomic E-state index is 0.0470. The Hall–Kier alpha value is -1.19. The van der Waals surface area contributed by atoms with E-state index < -0.39 is 33.7 Å². The topological polar surface area (TPSA) is 110 Å². The number of hydrogen-bond acceptors (Lipinski definition) is 7. The van der Waals surface area contributed by atoms with E-state index in [4.69, 9.17) is 9.47 Å². The molecular weight excluding hydrogens is 699 g/mol. The molecule has 324 valence electrons. The van der Waals surface area contributed by atoms with Crippen LogP contribution in [0, 0.1) is 11.8 Å². The van der Waals surface area contributed by atoms with Gasteiger partial charge in [0.15, 0.2) is 5.25 Å². The van der Waals surface area contributed by atoms with Crippen molar-refractivity contribution in [3.8, 4) is 0 Å². The van der Waals surface area contributed by atoms with E-state index in [1.807, 2.05) is 13.8 Å². The molecule has 0 amide bonds. The van der Waals surface area contributed by atoms with E-state index in [0.29, 0.717) is 0 Å². The minimum Gasteiger partial charge on any atom is -0.747 e. The Labute approximate surface area is 336 Å². The van der Waals surface area contributed by atoms with Crippen LogP contribution in [0.3, 0.4) is 0 Å². The number of esters is 2. The number of carbonyl (C=O) groups is 2. The van der Waals surface area contributed by atoms with Gasteiger partial charge in [0.25, 0.3) is 0 Å². The summed E-state index contributed by atoms with van der Waals surface area (Å²) in [6.45, 7) is 19.5. The van der Waals surface area contributed by atoms with Crippen LogP contribution in [0.1, 0.15) is 222 Å². The van der Waals surface area contributed by atoms with Crippen molar-refractivity contribution >= 4 is 22.1 Å². The largest absolute Gasteiger partial charge is 0.747 e. The van der Waals surface area contributed by atoms with Crippen molar-refractivity contribution < 1.29 is 36.5 Å². The van der Waals surface area contributed by atoms with Crippen LogP contribution < -0.4 is 0 Å². The SMILES string of the molecule is CCCCC(CC)COC(=O)CC(C(=O)OCC(CC)CCCC)S(=O)(=O)[O-].CCCCCCCC[N+](C)(CCCCCCCC)CCCCCCCC. The van der Waals surface area contributed by atoms with Gasteiger partial charge in [0.2, 0.25) is 0 Å². The van der Waals surface area contributed by atoms with Crippen molar-refractivity contribution in [2.75, 3.05) is 39.9 Å². The van der Waals surface area contributed by atoms with Crippen LogP contribution in [0.15, 0.2) is 0 Å². The zero-order chi connectivity index (χ0) is 40.9. The predicted molar refractivity (Wildman–Crippen MR) is 228 cm³/mol. The zero-order valence-corrected chi connectivity index (χ0v) is 37.9.